The van der Waals surface area contributed by atoms with Gasteiger partial charge in [0.05, 0.1) is 21.6 Å². The van der Waals surface area contributed by atoms with Gasteiger partial charge in [-0.1, -0.05) is 54.6 Å². The first-order chi connectivity index (χ1) is 15.8. The van der Waals surface area contributed by atoms with E-state index in [0.29, 0.717) is 22.3 Å². The molecule has 4 rings (SSSR count). The molecule has 0 spiro atoms. The highest BCUT2D eigenvalue weighted by Gasteiger charge is 2.17. The van der Waals surface area contributed by atoms with Crippen molar-refractivity contribution in [2.45, 2.75) is 0 Å². The van der Waals surface area contributed by atoms with Crippen LogP contribution in [0.3, 0.4) is 0 Å². The van der Waals surface area contributed by atoms with Gasteiger partial charge in [0.2, 0.25) is 0 Å². The number of nitro groups is 1. The summed E-state index contributed by atoms with van der Waals surface area (Å²) in [4.78, 5) is 33.4. The Morgan fingerprint density at radius 3 is 1.36 bits per heavy atom. The Kier molecular flexibility index (Phi) is 5.69. The fraction of sp³-hybridized carbons (Fsp3) is 0. The Labute approximate surface area is 188 Å². The third-order valence-electron chi connectivity index (χ3n) is 5.32. The van der Waals surface area contributed by atoms with Crippen LogP contribution in [-0.4, -0.2) is 27.1 Å². The molecule has 33 heavy (non-hydrogen) atoms. The van der Waals surface area contributed by atoms with Gasteiger partial charge in [-0.15, -0.1) is 0 Å². The van der Waals surface area contributed by atoms with E-state index in [1.54, 1.807) is 48.5 Å². The standard InChI is InChI=1S/C26H17NO6/c28-25(29)20-9-3-17(4-10-20)16-1-7-19(8-2-16)23-14-13-22(15-24(23)27(32)33)18-5-11-21(12-6-18)26(30)31/h1-15H,(H,28,29)(H,30,31). The smallest absolute Gasteiger partial charge is 0.335 e. The molecule has 0 heterocycles. The summed E-state index contributed by atoms with van der Waals surface area (Å²) in [6, 6.07) is 24.8. The van der Waals surface area contributed by atoms with Crippen molar-refractivity contribution in [2.75, 3.05) is 0 Å². The van der Waals surface area contributed by atoms with Crippen LogP contribution in [0, 0.1) is 10.1 Å². The zero-order valence-electron chi connectivity index (χ0n) is 17.1. The molecule has 0 radical (unpaired) electrons. The van der Waals surface area contributed by atoms with Gasteiger partial charge in [0.15, 0.2) is 0 Å². The molecule has 0 bridgehead atoms. The lowest BCUT2D eigenvalue weighted by Gasteiger charge is -2.09. The lowest BCUT2D eigenvalue weighted by molar-refractivity contribution is -0.384. The quantitative estimate of drug-likeness (QED) is 0.281. The average Bonchev–Trinajstić information content (AvgIpc) is 2.84. The summed E-state index contributed by atoms with van der Waals surface area (Å²) in [5.41, 5.74) is 4.38. The van der Waals surface area contributed by atoms with Gasteiger partial charge in [0.1, 0.15) is 0 Å². The lowest BCUT2D eigenvalue weighted by atomic mass is 9.96. The van der Waals surface area contributed by atoms with Crippen molar-refractivity contribution in [3.05, 3.63) is 112 Å². The number of aromatic carboxylic acids is 2. The molecule has 0 amide bonds. The number of carboxylic acids is 2. The summed E-state index contributed by atoms with van der Waals surface area (Å²) in [6.45, 7) is 0. The van der Waals surface area contributed by atoms with Gasteiger partial charge in [-0.2, -0.15) is 0 Å². The molecule has 0 aliphatic carbocycles. The molecule has 0 saturated heterocycles. The summed E-state index contributed by atoms with van der Waals surface area (Å²) in [5, 5.41) is 29.8. The molecule has 4 aromatic carbocycles. The number of hydrogen-bond donors (Lipinski definition) is 2. The maximum atomic E-state index is 11.8. The van der Waals surface area contributed by atoms with Crippen molar-refractivity contribution in [1.82, 2.24) is 0 Å². The summed E-state index contributed by atoms with van der Waals surface area (Å²) < 4.78 is 0. The van der Waals surface area contributed by atoms with Crippen molar-refractivity contribution in [2.24, 2.45) is 0 Å². The predicted molar refractivity (Wildman–Crippen MR) is 123 cm³/mol. The fourth-order valence-electron chi connectivity index (χ4n) is 3.56. The molecule has 0 aliphatic heterocycles. The third kappa shape index (κ3) is 4.47. The van der Waals surface area contributed by atoms with Crippen LogP contribution in [0.15, 0.2) is 91.0 Å². The minimum absolute atomic E-state index is 0.0617. The first kappa shape index (κ1) is 21.5. The molecule has 4 aromatic rings. The van der Waals surface area contributed by atoms with Crippen LogP contribution in [0.4, 0.5) is 5.69 Å². The van der Waals surface area contributed by atoms with Gasteiger partial charge in [-0.3, -0.25) is 10.1 Å². The van der Waals surface area contributed by atoms with Crippen LogP contribution in [0.5, 0.6) is 0 Å². The zero-order valence-corrected chi connectivity index (χ0v) is 17.1. The normalized spacial score (nSPS) is 10.5. The van der Waals surface area contributed by atoms with E-state index < -0.39 is 16.9 Å². The minimum Gasteiger partial charge on any atom is -0.478 e. The Morgan fingerprint density at radius 1 is 0.576 bits per heavy atom. The van der Waals surface area contributed by atoms with Crippen LogP contribution in [0.2, 0.25) is 0 Å². The van der Waals surface area contributed by atoms with E-state index in [-0.39, 0.29) is 16.8 Å². The first-order valence-corrected chi connectivity index (χ1v) is 9.90. The van der Waals surface area contributed by atoms with Crippen LogP contribution in [0.1, 0.15) is 20.7 Å². The predicted octanol–water partition coefficient (Wildman–Crippen LogP) is 5.99. The van der Waals surface area contributed by atoms with Gasteiger partial charge >= 0.3 is 11.9 Å². The second kappa shape index (κ2) is 8.76. The summed E-state index contributed by atoms with van der Waals surface area (Å²) in [5.74, 6) is -2.03. The second-order valence-corrected chi connectivity index (χ2v) is 7.33. The largest absolute Gasteiger partial charge is 0.478 e. The van der Waals surface area contributed by atoms with Gasteiger partial charge in [-0.25, -0.2) is 9.59 Å². The number of carbonyl (C=O) groups is 2. The van der Waals surface area contributed by atoms with E-state index in [1.165, 1.54) is 30.3 Å². The summed E-state index contributed by atoms with van der Waals surface area (Å²) in [6.07, 6.45) is 0. The highest BCUT2D eigenvalue weighted by atomic mass is 16.6. The molecule has 0 saturated carbocycles. The average molecular weight is 439 g/mol. The second-order valence-electron chi connectivity index (χ2n) is 7.33. The fourth-order valence-corrected chi connectivity index (χ4v) is 3.56. The number of hydrogen-bond acceptors (Lipinski definition) is 4. The Bertz CT molecular complexity index is 1360. The molecule has 162 valence electrons. The topological polar surface area (TPSA) is 118 Å². The number of rotatable bonds is 6. The molecule has 2 N–H and O–H groups in total. The zero-order chi connectivity index (χ0) is 23.5. The minimum atomic E-state index is -1.04. The van der Waals surface area contributed by atoms with Crippen molar-refractivity contribution < 1.29 is 24.7 Å². The first-order valence-electron chi connectivity index (χ1n) is 9.90. The highest BCUT2D eigenvalue weighted by Crippen LogP contribution is 2.35. The van der Waals surface area contributed by atoms with Crippen LogP contribution >= 0.6 is 0 Å². The van der Waals surface area contributed by atoms with Crippen molar-refractivity contribution in [3.63, 3.8) is 0 Å². The highest BCUT2D eigenvalue weighted by molar-refractivity contribution is 5.89. The molecule has 0 aromatic heterocycles. The maximum absolute atomic E-state index is 11.8. The van der Waals surface area contributed by atoms with Gasteiger partial charge < -0.3 is 10.2 Å². The van der Waals surface area contributed by atoms with E-state index in [4.69, 9.17) is 10.2 Å². The Hall–Kier alpha value is -4.78. The third-order valence-corrected chi connectivity index (χ3v) is 5.32. The van der Waals surface area contributed by atoms with E-state index >= 15 is 0 Å². The van der Waals surface area contributed by atoms with E-state index in [0.717, 1.165) is 11.1 Å². The van der Waals surface area contributed by atoms with Gasteiger partial charge in [0, 0.05) is 6.07 Å². The van der Waals surface area contributed by atoms with Crippen LogP contribution in [0.25, 0.3) is 33.4 Å². The van der Waals surface area contributed by atoms with E-state index in [9.17, 15) is 19.7 Å². The molecule has 0 unspecified atom stereocenters. The number of nitrogens with zero attached hydrogens (tertiary/aromatic N) is 1. The maximum Gasteiger partial charge on any atom is 0.335 e. The number of benzene rings is 4. The van der Waals surface area contributed by atoms with Crippen LogP contribution in [-0.2, 0) is 0 Å². The van der Waals surface area contributed by atoms with Gasteiger partial charge in [-0.05, 0) is 58.1 Å². The monoisotopic (exact) mass is 439 g/mol. The van der Waals surface area contributed by atoms with Crippen molar-refractivity contribution >= 4 is 17.6 Å². The van der Waals surface area contributed by atoms with Crippen LogP contribution < -0.4 is 0 Å². The SMILES string of the molecule is O=C(O)c1ccc(-c2ccc(-c3ccc(-c4ccc(C(=O)O)cc4)cc3[N+](=O)[O-])cc2)cc1. The molecule has 7 heteroatoms. The number of nitro benzene ring substituents is 1. The van der Waals surface area contributed by atoms with Crippen molar-refractivity contribution in [1.29, 1.82) is 0 Å². The molecule has 0 fully saturated rings. The lowest BCUT2D eigenvalue weighted by Crippen LogP contribution is -1.96. The molecule has 0 aliphatic rings. The number of carboxylic acid groups (broad SMARTS) is 2. The van der Waals surface area contributed by atoms with Crippen molar-refractivity contribution in [3.8, 4) is 33.4 Å². The Morgan fingerprint density at radius 2 is 0.939 bits per heavy atom. The van der Waals surface area contributed by atoms with Gasteiger partial charge in [0.25, 0.3) is 5.69 Å². The summed E-state index contributed by atoms with van der Waals surface area (Å²) in [7, 11) is 0. The molecule has 0 atom stereocenters. The summed E-state index contributed by atoms with van der Waals surface area (Å²) >= 11 is 0. The molecular weight excluding hydrogens is 422 g/mol. The van der Waals surface area contributed by atoms with E-state index in [2.05, 4.69) is 0 Å². The molecule has 7 nitrogen and oxygen atoms in total. The van der Waals surface area contributed by atoms with E-state index in [1.807, 2.05) is 12.1 Å². The molecular formula is C26H17NO6. The Balaban J connectivity index is 1.66.